The summed E-state index contributed by atoms with van der Waals surface area (Å²) < 4.78 is 0. The van der Waals surface area contributed by atoms with Crippen LogP contribution >= 0.6 is 11.6 Å². The van der Waals surface area contributed by atoms with Gasteiger partial charge < -0.3 is 0 Å². The number of hydrogen-bond donors (Lipinski definition) is 0. The van der Waals surface area contributed by atoms with Crippen LogP contribution in [0.3, 0.4) is 0 Å². The molecule has 0 spiro atoms. The van der Waals surface area contributed by atoms with Gasteiger partial charge in [-0.15, -0.1) is 0 Å². The van der Waals surface area contributed by atoms with Crippen LogP contribution in [0.2, 0.25) is 5.02 Å². The van der Waals surface area contributed by atoms with Crippen LogP contribution < -0.4 is 4.90 Å². The predicted octanol–water partition coefficient (Wildman–Crippen LogP) is 5.76. The van der Waals surface area contributed by atoms with Crippen molar-refractivity contribution < 1.29 is 9.59 Å². The van der Waals surface area contributed by atoms with Gasteiger partial charge in [-0.25, -0.2) is 4.90 Å². The van der Waals surface area contributed by atoms with Crippen molar-refractivity contribution in [3.8, 4) is 0 Å². The molecule has 2 bridgehead atoms. The zero-order valence-corrected chi connectivity index (χ0v) is 17.9. The largest absolute Gasteiger partial charge is 0.274 e. The number of halogens is 1. The van der Waals surface area contributed by atoms with E-state index in [9.17, 15) is 9.59 Å². The number of anilines is 1. The van der Waals surface area contributed by atoms with E-state index in [1.165, 1.54) is 10.5 Å². The number of hydrogen-bond acceptors (Lipinski definition) is 2. The van der Waals surface area contributed by atoms with Crippen LogP contribution in [0.5, 0.6) is 0 Å². The zero-order chi connectivity index (χ0) is 21.8. The molecule has 4 heteroatoms. The number of fused-ring (bicyclic) bond motifs is 5. The summed E-state index contributed by atoms with van der Waals surface area (Å²) in [4.78, 5) is 28.5. The van der Waals surface area contributed by atoms with Crippen molar-refractivity contribution in [2.24, 2.45) is 23.7 Å². The average Bonchev–Trinajstić information content (AvgIpc) is 3.46. The lowest BCUT2D eigenvalue weighted by Crippen LogP contribution is -2.33. The normalized spacial score (nSPS) is 25.5. The van der Waals surface area contributed by atoms with Crippen molar-refractivity contribution in [2.75, 3.05) is 4.90 Å². The Morgan fingerprint density at radius 2 is 1.12 bits per heavy atom. The Hall–Kier alpha value is -3.43. The number of benzene rings is 3. The van der Waals surface area contributed by atoms with Crippen molar-refractivity contribution in [1.29, 1.82) is 0 Å². The van der Waals surface area contributed by atoms with Gasteiger partial charge in [-0.2, -0.15) is 0 Å². The molecule has 1 saturated heterocycles. The first-order valence-corrected chi connectivity index (χ1v) is 11.2. The average molecular weight is 438 g/mol. The van der Waals surface area contributed by atoms with Crippen molar-refractivity contribution in [2.45, 2.75) is 0 Å². The third-order valence-electron chi connectivity index (χ3n) is 6.92. The molecular formula is C28H20ClNO2. The van der Waals surface area contributed by atoms with E-state index in [1.807, 2.05) is 36.4 Å². The van der Waals surface area contributed by atoms with Crippen LogP contribution in [0.15, 0.2) is 103 Å². The van der Waals surface area contributed by atoms with E-state index < -0.39 is 0 Å². The van der Waals surface area contributed by atoms with Gasteiger partial charge in [-0.1, -0.05) is 96.5 Å². The quantitative estimate of drug-likeness (QED) is 0.385. The molecule has 2 amide bonds. The summed E-state index contributed by atoms with van der Waals surface area (Å²) in [6.45, 7) is 0. The maximum absolute atomic E-state index is 13.6. The lowest BCUT2D eigenvalue weighted by atomic mass is 9.85. The summed E-state index contributed by atoms with van der Waals surface area (Å²) in [5.74, 6) is -1.25. The maximum Gasteiger partial charge on any atom is 0.238 e. The molecule has 0 unspecified atom stereocenters. The number of amides is 2. The fourth-order valence-electron chi connectivity index (χ4n) is 5.68. The van der Waals surface area contributed by atoms with Crippen LogP contribution in [0, 0.1) is 23.7 Å². The van der Waals surface area contributed by atoms with Crippen molar-refractivity contribution in [3.63, 3.8) is 0 Å². The monoisotopic (exact) mass is 437 g/mol. The van der Waals surface area contributed by atoms with Gasteiger partial charge in [0.1, 0.15) is 0 Å². The Morgan fingerprint density at radius 3 is 1.62 bits per heavy atom. The number of para-hydroxylation sites is 1. The standard InChI is InChI=1S/C28H20ClNO2/c29-21-13-7-8-14-22(21)30-27(31)25-19-15-16-20(26(25)28(30)32)24(19)23(17-9-3-1-4-10-17)18-11-5-2-6-12-18/h1-16,19-20,25-26H/t19-,20-,25-,26-/m0/s1. The molecule has 0 N–H and O–H groups in total. The van der Waals surface area contributed by atoms with Crippen LogP contribution in [0.4, 0.5) is 5.69 Å². The molecule has 3 aromatic rings. The summed E-state index contributed by atoms with van der Waals surface area (Å²) in [6, 6.07) is 27.6. The number of carbonyl (C=O) groups excluding carboxylic acids is 2. The number of carbonyl (C=O) groups is 2. The minimum Gasteiger partial charge on any atom is -0.274 e. The molecule has 1 aliphatic heterocycles. The molecule has 0 radical (unpaired) electrons. The van der Waals surface area contributed by atoms with Crippen LogP contribution in [-0.2, 0) is 9.59 Å². The van der Waals surface area contributed by atoms with E-state index in [4.69, 9.17) is 11.6 Å². The molecule has 6 rings (SSSR count). The van der Waals surface area contributed by atoms with Gasteiger partial charge in [0.05, 0.1) is 22.5 Å². The predicted molar refractivity (Wildman–Crippen MR) is 126 cm³/mol. The fraction of sp³-hybridized carbons (Fsp3) is 0.143. The summed E-state index contributed by atoms with van der Waals surface area (Å²) in [5, 5.41) is 0.416. The van der Waals surface area contributed by atoms with E-state index in [0.29, 0.717) is 10.7 Å². The zero-order valence-electron chi connectivity index (χ0n) is 17.2. The molecule has 156 valence electrons. The second-order valence-corrected chi connectivity index (χ2v) is 8.92. The number of allylic oxidation sites excluding steroid dienone is 3. The first kappa shape index (κ1) is 19.3. The van der Waals surface area contributed by atoms with E-state index in [-0.39, 0.29) is 35.5 Å². The molecule has 32 heavy (non-hydrogen) atoms. The minimum absolute atomic E-state index is 0.0932. The van der Waals surface area contributed by atoms with Gasteiger partial charge in [0.25, 0.3) is 0 Å². The number of rotatable bonds is 3. The molecule has 4 atom stereocenters. The highest BCUT2D eigenvalue weighted by Crippen LogP contribution is 2.59. The molecule has 1 heterocycles. The van der Waals surface area contributed by atoms with Crippen LogP contribution in [-0.4, -0.2) is 11.8 Å². The summed E-state index contributed by atoms with van der Waals surface area (Å²) in [7, 11) is 0. The third kappa shape index (κ3) is 2.68. The molecule has 1 saturated carbocycles. The third-order valence-corrected chi connectivity index (χ3v) is 7.24. The minimum atomic E-state index is -0.383. The van der Waals surface area contributed by atoms with Gasteiger partial charge >= 0.3 is 0 Å². The Kier molecular flexibility index (Phi) is 4.41. The first-order chi connectivity index (χ1) is 15.7. The Morgan fingerprint density at radius 1 is 0.656 bits per heavy atom. The van der Waals surface area contributed by atoms with Crippen LogP contribution in [0.25, 0.3) is 5.57 Å². The van der Waals surface area contributed by atoms with E-state index in [0.717, 1.165) is 16.7 Å². The highest BCUT2D eigenvalue weighted by atomic mass is 35.5. The van der Waals surface area contributed by atoms with Gasteiger partial charge in [-0.05, 0) is 34.4 Å². The highest BCUT2D eigenvalue weighted by Gasteiger charge is 2.62. The Balaban J connectivity index is 1.50. The van der Waals surface area contributed by atoms with Gasteiger partial charge in [-0.3, -0.25) is 9.59 Å². The number of nitrogens with zero attached hydrogens (tertiary/aromatic N) is 1. The SMILES string of the molecule is O=C1[C@@H]2[C@@H](C(=O)N1c1ccccc1Cl)[C@H]1C=C[C@H]2C1=C(c1ccccc1)c1ccccc1. The van der Waals surface area contributed by atoms with E-state index in [1.54, 1.807) is 24.3 Å². The smallest absolute Gasteiger partial charge is 0.238 e. The Bertz CT molecular complexity index is 1220. The van der Waals surface area contributed by atoms with Gasteiger partial charge in [0, 0.05) is 11.8 Å². The lowest BCUT2D eigenvalue weighted by Gasteiger charge is -2.22. The second-order valence-electron chi connectivity index (χ2n) is 8.51. The molecule has 3 nitrogen and oxygen atoms in total. The Labute approximate surface area is 191 Å². The first-order valence-electron chi connectivity index (χ1n) is 10.8. The van der Waals surface area contributed by atoms with Gasteiger partial charge in [0.2, 0.25) is 11.8 Å². The van der Waals surface area contributed by atoms with Crippen LogP contribution in [0.1, 0.15) is 11.1 Å². The second kappa shape index (κ2) is 7.32. The van der Waals surface area contributed by atoms with Crippen molar-refractivity contribution in [1.82, 2.24) is 0 Å². The summed E-state index contributed by atoms with van der Waals surface area (Å²) >= 11 is 6.35. The van der Waals surface area contributed by atoms with E-state index in [2.05, 4.69) is 36.4 Å². The van der Waals surface area contributed by atoms with E-state index >= 15 is 0 Å². The molecule has 3 aliphatic rings. The number of imide groups is 1. The fourth-order valence-corrected chi connectivity index (χ4v) is 5.90. The topological polar surface area (TPSA) is 37.4 Å². The molecular weight excluding hydrogens is 418 g/mol. The van der Waals surface area contributed by atoms with Crippen molar-refractivity contribution in [3.05, 3.63) is 119 Å². The highest BCUT2D eigenvalue weighted by molar-refractivity contribution is 6.36. The maximum atomic E-state index is 13.6. The van der Waals surface area contributed by atoms with Crippen molar-refractivity contribution >= 4 is 34.7 Å². The summed E-state index contributed by atoms with van der Waals surface area (Å²) in [6.07, 6.45) is 4.24. The molecule has 2 fully saturated rings. The molecule has 0 aromatic heterocycles. The van der Waals surface area contributed by atoms with Gasteiger partial charge in [0.15, 0.2) is 0 Å². The molecule has 2 aliphatic carbocycles. The summed E-state index contributed by atoms with van der Waals surface area (Å²) in [5.41, 5.74) is 5.00. The lowest BCUT2D eigenvalue weighted by molar-refractivity contribution is -0.122. The molecule has 3 aromatic carbocycles.